The van der Waals surface area contributed by atoms with Gasteiger partial charge in [-0.05, 0) is 23.2 Å². The molecule has 4 heteroatoms. The number of hydrogen-bond donors (Lipinski definition) is 0. The largest absolute Gasteiger partial charge is 0.280 e. The Morgan fingerprint density at radius 3 is 2.09 bits per heavy atom. The molecule has 1 aromatic carbocycles. The summed E-state index contributed by atoms with van der Waals surface area (Å²) in [6.45, 7) is -1.50. The maximum Gasteiger partial charge on any atom is 0.280 e. The van der Waals surface area contributed by atoms with Gasteiger partial charge in [-0.25, -0.2) is 0 Å². The molecule has 3 aliphatic rings. The van der Waals surface area contributed by atoms with Crippen LogP contribution in [0.15, 0.2) is 35.8 Å². The normalized spacial score (nSPS) is 30.7. The molecule has 22 heavy (non-hydrogen) atoms. The molecule has 0 aromatic heterocycles. The molecule has 2 bridgehead atoms. The number of hydrogen-bond acceptors (Lipinski definition) is 0. The fourth-order valence-electron chi connectivity index (χ4n) is 5.36. The second kappa shape index (κ2) is 6.03. The van der Waals surface area contributed by atoms with E-state index in [0.29, 0.717) is 0 Å². The van der Waals surface area contributed by atoms with Crippen LogP contribution in [0.2, 0.25) is 17.7 Å². The molecule has 2 fully saturated rings. The minimum Gasteiger partial charge on any atom is -0.140 e. The fourth-order valence-corrected chi connectivity index (χ4v) is 9.49. The van der Waals surface area contributed by atoms with E-state index in [1.54, 1.807) is 5.47 Å². The second-order valence-electron chi connectivity index (χ2n) is 7.38. The van der Waals surface area contributed by atoms with E-state index in [1.807, 2.05) is 0 Å². The van der Waals surface area contributed by atoms with E-state index < -0.39 is 6.69 Å². The molecule has 0 unspecified atom stereocenters. The molecule has 0 N–H and O–H groups in total. The number of fused-ring (bicyclic) bond motifs is 2. The molecule has 0 saturated carbocycles. The molecule has 0 aliphatic carbocycles. The maximum absolute atomic E-state index is 6.89. The van der Waals surface area contributed by atoms with E-state index in [2.05, 4.69) is 30.3 Å². The van der Waals surface area contributed by atoms with E-state index in [1.165, 1.54) is 49.3 Å². The molecule has 0 spiro atoms. The monoisotopic (exact) mass is 348 g/mol. The molecule has 0 nitrogen and oxygen atoms in total. The summed E-state index contributed by atoms with van der Waals surface area (Å²) in [7, 11) is 0. The van der Waals surface area contributed by atoms with Gasteiger partial charge in [0.2, 0.25) is 0 Å². The third-order valence-electron chi connectivity index (χ3n) is 6.18. The zero-order valence-electron chi connectivity index (χ0n) is 13.0. The van der Waals surface area contributed by atoms with Gasteiger partial charge in [0.15, 0.2) is 6.71 Å². The molecule has 116 valence electrons. The molecule has 1 aromatic rings. The van der Waals surface area contributed by atoms with Gasteiger partial charge >= 0.3 is 0 Å². The van der Waals surface area contributed by atoms with E-state index in [4.69, 9.17) is 22.2 Å². The topological polar surface area (TPSA) is 0 Å². The number of allylic oxidation sites excluding steroid dienone is 1. The number of benzene rings is 1. The average Bonchev–Trinajstić information content (AvgIpc) is 2.82. The lowest BCUT2D eigenvalue weighted by molar-refractivity contribution is 0.445. The summed E-state index contributed by atoms with van der Waals surface area (Å²) < 4.78 is 0. The van der Waals surface area contributed by atoms with Crippen LogP contribution in [0.4, 0.5) is 0 Å². The highest BCUT2D eigenvalue weighted by molar-refractivity contribution is 7.53. The summed E-state index contributed by atoms with van der Waals surface area (Å²) >= 11 is 13.8. The minimum atomic E-state index is -2.28. The molecular weight excluding hydrogens is 326 g/mol. The van der Waals surface area contributed by atoms with Crippen molar-refractivity contribution in [3.63, 3.8) is 0 Å². The van der Waals surface area contributed by atoms with Gasteiger partial charge in [0, 0.05) is 0 Å². The first kappa shape index (κ1) is 15.4. The van der Waals surface area contributed by atoms with E-state index in [0.717, 1.165) is 30.8 Å². The highest BCUT2D eigenvalue weighted by atomic mass is 35.7. The Morgan fingerprint density at radius 1 is 0.909 bits per heavy atom. The van der Waals surface area contributed by atoms with Crippen LogP contribution in [0.1, 0.15) is 50.5 Å². The lowest BCUT2D eigenvalue weighted by atomic mass is 9.24. The number of halogens is 2. The smallest absolute Gasteiger partial charge is 0.140 e. The van der Waals surface area contributed by atoms with Crippen molar-refractivity contribution in [2.24, 2.45) is 0 Å². The molecule has 3 heterocycles. The summed E-state index contributed by atoms with van der Waals surface area (Å²) in [5, 5.41) is 1.39. The van der Waals surface area contributed by atoms with Gasteiger partial charge < -0.3 is 0 Å². The zero-order chi connectivity index (χ0) is 15.2. The summed E-state index contributed by atoms with van der Waals surface area (Å²) in [6.07, 6.45) is 9.71. The third-order valence-corrected chi connectivity index (χ3v) is 10.7. The Balaban J connectivity index is 1.80. The van der Waals surface area contributed by atoms with E-state index in [-0.39, 0.29) is 0 Å². The Morgan fingerprint density at radius 2 is 1.50 bits per heavy atom. The first-order valence-electron chi connectivity index (χ1n) is 8.83. The second-order valence-corrected chi connectivity index (χ2v) is 14.2. The van der Waals surface area contributed by atoms with Crippen molar-refractivity contribution < 1.29 is 0 Å². The van der Waals surface area contributed by atoms with Crippen molar-refractivity contribution in [3.05, 3.63) is 41.4 Å². The predicted octanol–water partition coefficient (Wildman–Crippen LogP) is 6.45. The van der Waals surface area contributed by atoms with Crippen LogP contribution >= 0.6 is 22.2 Å². The molecular formula is C18H23BCl2Si. The van der Waals surface area contributed by atoms with Crippen LogP contribution in [0.3, 0.4) is 0 Å². The first-order valence-corrected chi connectivity index (χ1v) is 13.1. The van der Waals surface area contributed by atoms with Crippen LogP contribution in [0, 0.1) is 0 Å². The van der Waals surface area contributed by atoms with Crippen molar-refractivity contribution in [3.8, 4) is 0 Å². The molecule has 0 atom stereocenters. The van der Waals surface area contributed by atoms with Gasteiger partial charge in [-0.1, -0.05) is 86.0 Å². The maximum atomic E-state index is 6.89. The van der Waals surface area contributed by atoms with Crippen molar-refractivity contribution >= 4 is 40.8 Å². The molecule has 2 saturated heterocycles. The van der Waals surface area contributed by atoms with Crippen molar-refractivity contribution in [2.75, 3.05) is 0 Å². The first-order chi connectivity index (χ1) is 10.7. The van der Waals surface area contributed by atoms with Gasteiger partial charge in [-0.2, -0.15) is 0 Å². The predicted molar refractivity (Wildman–Crippen MR) is 101 cm³/mol. The molecule has 3 aliphatic heterocycles. The van der Waals surface area contributed by atoms with Gasteiger partial charge in [0.1, 0.15) is 0 Å². The Bertz CT molecular complexity index is 562. The van der Waals surface area contributed by atoms with E-state index in [9.17, 15) is 0 Å². The molecule has 4 rings (SSSR count). The molecule has 0 radical (unpaired) electrons. The SMILES string of the molecule is Cl[Si]1(Cl)CCC(B2C3CCCC2CCC3)=C1c1ccccc1. The van der Waals surface area contributed by atoms with Crippen molar-refractivity contribution in [1.82, 2.24) is 0 Å². The summed E-state index contributed by atoms with van der Waals surface area (Å²) in [6, 6.07) is 11.8. The van der Waals surface area contributed by atoms with Gasteiger partial charge in [-0.15, -0.1) is 22.2 Å². The lowest BCUT2D eigenvalue weighted by Gasteiger charge is -2.42. The lowest BCUT2D eigenvalue weighted by Crippen LogP contribution is -2.36. The van der Waals surface area contributed by atoms with Crippen molar-refractivity contribution in [1.29, 1.82) is 0 Å². The van der Waals surface area contributed by atoms with Crippen LogP contribution in [-0.4, -0.2) is 13.4 Å². The number of rotatable bonds is 2. The quantitative estimate of drug-likeness (QED) is 0.425. The van der Waals surface area contributed by atoms with Crippen LogP contribution < -0.4 is 0 Å². The van der Waals surface area contributed by atoms with Crippen LogP contribution in [0.5, 0.6) is 0 Å². The summed E-state index contributed by atoms with van der Waals surface area (Å²) in [4.78, 5) is 0. The van der Waals surface area contributed by atoms with E-state index >= 15 is 0 Å². The third kappa shape index (κ3) is 2.61. The summed E-state index contributed by atoms with van der Waals surface area (Å²) in [5.74, 6) is 1.80. The van der Waals surface area contributed by atoms with Gasteiger partial charge in [-0.3, -0.25) is 0 Å². The highest BCUT2D eigenvalue weighted by Gasteiger charge is 2.49. The zero-order valence-corrected chi connectivity index (χ0v) is 15.5. The highest BCUT2D eigenvalue weighted by Crippen LogP contribution is 2.55. The van der Waals surface area contributed by atoms with Crippen LogP contribution in [0.25, 0.3) is 5.20 Å². The Kier molecular flexibility index (Phi) is 4.21. The van der Waals surface area contributed by atoms with Gasteiger partial charge in [0.25, 0.3) is 6.69 Å². The minimum absolute atomic E-state index is 0.782. The average molecular weight is 349 g/mol. The van der Waals surface area contributed by atoms with Crippen molar-refractivity contribution in [2.45, 2.75) is 62.6 Å². The Hall–Kier alpha value is -0.178. The standard InChI is InChI=1S/C18H23BCl2Si/c20-22(21)13-12-17(18(22)14-6-2-1-3-7-14)19-15-8-4-9-16(19)11-5-10-15/h1-3,6-7,15-16H,4-5,8-13H2. The Labute approximate surface area is 144 Å². The van der Waals surface area contributed by atoms with Crippen LogP contribution in [-0.2, 0) is 0 Å². The molecule has 0 amide bonds. The summed E-state index contributed by atoms with van der Waals surface area (Å²) in [5.41, 5.74) is 2.97. The fraction of sp³-hybridized carbons (Fsp3) is 0.556. The van der Waals surface area contributed by atoms with Gasteiger partial charge in [0.05, 0.1) is 0 Å².